The summed E-state index contributed by atoms with van der Waals surface area (Å²) in [7, 11) is 0. The monoisotopic (exact) mass is 500 g/mol. The molecule has 1 aromatic heterocycles. The highest BCUT2D eigenvalue weighted by atomic mass is 35.5. The van der Waals surface area contributed by atoms with E-state index in [2.05, 4.69) is 29.6 Å². The van der Waals surface area contributed by atoms with Crippen molar-refractivity contribution in [3.63, 3.8) is 0 Å². The van der Waals surface area contributed by atoms with Gasteiger partial charge >= 0.3 is 0 Å². The predicted molar refractivity (Wildman–Crippen MR) is 145 cm³/mol. The fourth-order valence-electron chi connectivity index (χ4n) is 4.78. The number of hydrogen-bond donors (Lipinski definition) is 1. The summed E-state index contributed by atoms with van der Waals surface area (Å²) in [6.07, 6.45) is 1.60. The molecule has 6 nitrogen and oxygen atoms in total. The Kier molecular flexibility index (Phi) is 7.05. The van der Waals surface area contributed by atoms with Gasteiger partial charge in [0.1, 0.15) is 0 Å². The third-order valence-electron chi connectivity index (χ3n) is 6.74. The molecule has 0 aliphatic carbocycles. The van der Waals surface area contributed by atoms with E-state index in [9.17, 15) is 9.59 Å². The highest BCUT2D eigenvalue weighted by Crippen LogP contribution is 2.23. The van der Waals surface area contributed by atoms with Crippen LogP contribution in [0.4, 0.5) is 5.82 Å². The van der Waals surface area contributed by atoms with Crippen molar-refractivity contribution in [3.05, 3.63) is 105 Å². The van der Waals surface area contributed by atoms with Crippen LogP contribution in [-0.4, -0.2) is 28.5 Å². The summed E-state index contributed by atoms with van der Waals surface area (Å²) >= 11 is 6.06. The molecule has 2 heterocycles. The maximum absolute atomic E-state index is 13.7. The van der Waals surface area contributed by atoms with Gasteiger partial charge in [0, 0.05) is 24.7 Å². The van der Waals surface area contributed by atoms with E-state index in [1.807, 2.05) is 60.4 Å². The molecule has 1 amide bonds. The first-order chi connectivity index (χ1) is 17.5. The number of hydrogen-bond acceptors (Lipinski definition) is 4. The maximum Gasteiger partial charge on any atom is 0.294 e. The Morgan fingerprint density at radius 3 is 2.67 bits per heavy atom. The predicted octanol–water partition coefficient (Wildman–Crippen LogP) is 4.94. The Balaban J connectivity index is 1.39. The second-order valence-corrected chi connectivity index (χ2v) is 9.87. The fraction of sp³-hybridized carbons (Fsp3) is 0.276. The number of nitrogens with one attached hydrogen (secondary N) is 1. The summed E-state index contributed by atoms with van der Waals surface area (Å²) in [4.78, 5) is 33.4. The molecule has 1 saturated heterocycles. The molecule has 0 unspecified atom stereocenters. The van der Waals surface area contributed by atoms with E-state index in [1.165, 1.54) is 5.56 Å². The zero-order chi connectivity index (χ0) is 25.1. The molecular formula is C29H29ClN4O2. The van der Waals surface area contributed by atoms with Crippen LogP contribution in [0.25, 0.3) is 11.0 Å². The summed E-state index contributed by atoms with van der Waals surface area (Å²) in [5.74, 6) is 0.185. The van der Waals surface area contributed by atoms with Crippen LogP contribution in [0, 0.1) is 12.8 Å². The first-order valence-corrected chi connectivity index (χ1v) is 12.7. The number of aromatic nitrogens is 2. The lowest BCUT2D eigenvalue weighted by molar-refractivity contribution is -0.125. The third kappa shape index (κ3) is 5.29. The first-order valence-electron chi connectivity index (χ1n) is 12.3. The van der Waals surface area contributed by atoms with Crippen LogP contribution >= 0.6 is 11.6 Å². The SMILES string of the molecule is Cc1ccc(Cn2c(=O)c(N3CCC[C@@H](C(=O)NCc4cccc(Cl)c4)C3)nc3ccccc32)cc1. The van der Waals surface area contributed by atoms with Gasteiger partial charge in [0.25, 0.3) is 5.56 Å². The first kappa shape index (κ1) is 24.1. The summed E-state index contributed by atoms with van der Waals surface area (Å²) in [5, 5.41) is 3.68. The number of para-hydroxylation sites is 2. The van der Waals surface area contributed by atoms with Gasteiger partial charge in [-0.2, -0.15) is 0 Å². The molecule has 1 aliphatic heterocycles. The molecule has 1 fully saturated rings. The summed E-state index contributed by atoms with van der Waals surface area (Å²) in [5.41, 5.74) is 4.64. The van der Waals surface area contributed by atoms with Gasteiger partial charge in [0.15, 0.2) is 5.82 Å². The molecule has 5 rings (SSSR count). The molecule has 1 atom stereocenters. The molecule has 3 aromatic carbocycles. The van der Waals surface area contributed by atoms with Crippen LogP contribution in [0.3, 0.4) is 0 Å². The number of halogens is 1. The van der Waals surface area contributed by atoms with Gasteiger partial charge in [-0.25, -0.2) is 4.98 Å². The molecule has 0 spiro atoms. The number of amides is 1. The van der Waals surface area contributed by atoms with Crippen molar-refractivity contribution >= 4 is 34.4 Å². The number of carbonyl (C=O) groups is 1. The second-order valence-electron chi connectivity index (χ2n) is 9.43. The van der Waals surface area contributed by atoms with Crippen molar-refractivity contribution < 1.29 is 4.79 Å². The van der Waals surface area contributed by atoms with E-state index in [-0.39, 0.29) is 17.4 Å². The average Bonchev–Trinajstić information content (AvgIpc) is 2.90. The topological polar surface area (TPSA) is 67.2 Å². The Morgan fingerprint density at radius 2 is 1.86 bits per heavy atom. The number of benzene rings is 3. The smallest absolute Gasteiger partial charge is 0.294 e. The standard InChI is InChI=1S/C29H29ClN4O2/c1-20-11-13-21(14-12-20)18-34-26-10-3-2-9-25(26)32-27(29(34)36)33-15-5-7-23(19-33)28(35)31-17-22-6-4-8-24(30)16-22/h2-4,6,8-14,16,23H,5,7,15,17-19H2,1H3,(H,31,35)/t23-/m1/s1. The van der Waals surface area contributed by atoms with E-state index >= 15 is 0 Å². The van der Waals surface area contributed by atoms with Crippen molar-refractivity contribution in [1.29, 1.82) is 0 Å². The Hall–Kier alpha value is -3.64. The van der Waals surface area contributed by atoms with Gasteiger partial charge < -0.3 is 10.2 Å². The lowest BCUT2D eigenvalue weighted by Gasteiger charge is -2.32. The number of piperidine rings is 1. The van der Waals surface area contributed by atoms with Crippen LogP contribution in [0.15, 0.2) is 77.6 Å². The minimum absolute atomic E-state index is 0.0135. The van der Waals surface area contributed by atoms with Crippen LogP contribution in [-0.2, 0) is 17.9 Å². The molecule has 0 radical (unpaired) electrons. The summed E-state index contributed by atoms with van der Waals surface area (Å²) in [6.45, 7) is 4.10. The summed E-state index contributed by atoms with van der Waals surface area (Å²) < 4.78 is 1.80. The molecule has 4 aromatic rings. The van der Waals surface area contributed by atoms with Gasteiger partial charge in [0.2, 0.25) is 5.91 Å². The van der Waals surface area contributed by atoms with E-state index < -0.39 is 0 Å². The van der Waals surface area contributed by atoms with Gasteiger partial charge in [-0.05, 0) is 55.2 Å². The van der Waals surface area contributed by atoms with Gasteiger partial charge in [-0.15, -0.1) is 0 Å². The number of anilines is 1. The zero-order valence-corrected chi connectivity index (χ0v) is 21.0. The van der Waals surface area contributed by atoms with Crippen molar-refractivity contribution in [3.8, 4) is 0 Å². The molecule has 184 valence electrons. The Bertz CT molecular complexity index is 1450. The van der Waals surface area contributed by atoms with E-state index in [0.717, 1.165) is 35.0 Å². The lowest BCUT2D eigenvalue weighted by atomic mass is 9.97. The van der Waals surface area contributed by atoms with Crippen molar-refractivity contribution in [2.45, 2.75) is 32.9 Å². The van der Waals surface area contributed by atoms with Crippen LogP contribution in [0.2, 0.25) is 5.02 Å². The number of carbonyl (C=O) groups excluding carboxylic acids is 1. The molecular weight excluding hydrogens is 472 g/mol. The summed E-state index contributed by atoms with van der Waals surface area (Å²) in [6, 6.07) is 23.4. The zero-order valence-electron chi connectivity index (χ0n) is 20.3. The van der Waals surface area contributed by atoms with Crippen LogP contribution < -0.4 is 15.8 Å². The molecule has 1 aliphatic rings. The molecule has 36 heavy (non-hydrogen) atoms. The van der Waals surface area contributed by atoms with Crippen molar-refractivity contribution in [1.82, 2.24) is 14.9 Å². The number of rotatable bonds is 6. The number of nitrogens with zero attached hydrogens (tertiary/aromatic N) is 3. The van der Waals surface area contributed by atoms with Crippen molar-refractivity contribution in [2.75, 3.05) is 18.0 Å². The quantitative estimate of drug-likeness (QED) is 0.407. The van der Waals surface area contributed by atoms with E-state index in [1.54, 1.807) is 4.57 Å². The maximum atomic E-state index is 13.7. The molecule has 7 heteroatoms. The average molecular weight is 501 g/mol. The van der Waals surface area contributed by atoms with Crippen LogP contribution in [0.1, 0.15) is 29.5 Å². The normalized spacial score (nSPS) is 15.7. The van der Waals surface area contributed by atoms with E-state index in [0.29, 0.717) is 37.0 Å². The van der Waals surface area contributed by atoms with Gasteiger partial charge in [-0.3, -0.25) is 14.2 Å². The van der Waals surface area contributed by atoms with Crippen LogP contribution in [0.5, 0.6) is 0 Å². The minimum Gasteiger partial charge on any atom is -0.352 e. The largest absolute Gasteiger partial charge is 0.352 e. The lowest BCUT2D eigenvalue weighted by Crippen LogP contribution is -2.45. The highest BCUT2D eigenvalue weighted by molar-refractivity contribution is 6.30. The van der Waals surface area contributed by atoms with E-state index in [4.69, 9.17) is 16.6 Å². The Morgan fingerprint density at radius 1 is 1.06 bits per heavy atom. The number of aryl methyl sites for hydroxylation is 1. The number of fused-ring (bicyclic) bond motifs is 1. The van der Waals surface area contributed by atoms with Gasteiger partial charge in [0.05, 0.1) is 23.5 Å². The molecule has 0 saturated carbocycles. The third-order valence-corrected chi connectivity index (χ3v) is 6.98. The van der Waals surface area contributed by atoms with Gasteiger partial charge in [-0.1, -0.05) is 65.7 Å². The molecule has 0 bridgehead atoms. The fourth-order valence-corrected chi connectivity index (χ4v) is 4.99. The van der Waals surface area contributed by atoms with Crippen molar-refractivity contribution in [2.24, 2.45) is 5.92 Å². The Labute approximate surface area is 215 Å². The minimum atomic E-state index is -0.212. The highest BCUT2D eigenvalue weighted by Gasteiger charge is 2.28. The molecule has 1 N–H and O–H groups in total. The second kappa shape index (κ2) is 10.5.